The number of allylic oxidation sites excluding steroid dienone is 2. The van der Waals surface area contributed by atoms with Crippen molar-refractivity contribution in [3.05, 3.63) is 23.8 Å². The number of piperidine rings is 1. The minimum Gasteiger partial charge on any atom is -0.394 e. The van der Waals surface area contributed by atoms with Crippen LogP contribution in [-0.2, 0) is 4.79 Å². The molecule has 3 aliphatic rings. The van der Waals surface area contributed by atoms with Crippen molar-refractivity contribution < 1.29 is 28.2 Å². The van der Waals surface area contributed by atoms with E-state index in [9.17, 15) is 28.2 Å². The monoisotopic (exact) mass is 459 g/mol. The van der Waals surface area contributed by atoms with Crippen LogP contribution in [0.3, 0.4) is 0 Å². The van der Waals surface area contributed by atoms with E-state index in [4.69, 9.17) is 0 Å². The van der Waals surface area contributed by atoms with Crippen molar-refractivity contribution in [2.45, 2.75) is 69.3 Å². The lowest BCUT2D eigenvalue weighted by Crippen LogP contribution is -2.45. The van der Waals surface area contributed by atoms with Gasteiger partial charge in [0.2, 0.25) is 5.91 Å². The highest BCUT2D eigenvalue weighted by Gasteiger charge is 2.35. The van der Waals surface area contributed by atoms with E-state index in [0.717, 1.165) is 45.0 Å². The van der Waals surface area contributed by atoms with Gasteiger partial charge in [0.15, 0.2) is 0 Å². The van der Waals surface area contributed by atoms with Crippen LogP contribution in [0.1, 0.15) is 45.4 Å². The summed E-state index contributed by atoms with van der Waals surface area (Å²) in [6, 6.07) is -0.642. The molecule has 0 spiro atoms. The molecule has 0 bridgehead atoms. The molecule has 9 heteroatoms. The summed E-state index contributed by atoms with van der Waals surface area (Å²) in [5.74, 6) is -0.0491. The van der Waals surface area contributed by atoms with Crippen LogP contribution in [0.15, 0.2) is 23.8 Å². The number of amides is 1. The third-order valence-electron chi connectivity index (χ3n) is 7.00. The summed E-state index contributed by atoms with van der Waals surface area (Å²) < 4.78 is 39.3. The standard InChI is InChI=1S/C23H36F3N3O3/c1-22(32)8-12-27(13-9-22)10-3-6-20(17-30)29-15-14-28(11-7-21(29)31)19-5-2-4-18(16-19)23(24,25)26/h2,4,16,19-20,30,32H,3,5-15,17H2,1H3. The highest BCUT2D eigenvalue weighted by atomic mass is 19.4. The molecule has 2 heterocycles. The fourth-order valence-corrected chi connectivity index (χ4v) is 4.84. The Hall–Kier alpha value is -1.42. The molecule has 3 rings (SSSR count). The number of hydrogen-bond acceptors (Lipinski definition) is 5. The Morgan fingerprint density at radius 2 is 1.91 bits per heavy atom. The smallest absolute Gasteiger partial charge is 0.394 e. The predicted octanol–water partition coefficient (Wildman–Crippen LogP) is 2.33. The quantitative estimate of drug-likeness (QED) is 0.612. The van der Waals surface area contributed by atoms with Crippen molar-refractivity contribution >= 4 is 5.91 Å². The van der Waals surface area contributed by atoms with E-state index < -0.39 is 17.4 Å². The lowest BCUT2D eigenvalue weighted by molar-refractivity contribution is -0.133. The van der Waals surface area contributed by atoms with Crippen LogP contribution in [0.2, 0.25) is 0 Å². The highest BCUT2D eigenvalue weighted by Crippen LogP contribution is 2.31. The van der Waals surface area contributed by atoms with Crippen LogP contribution < -0.4 is 0 Å². The Balaban J connectivity index is 1.51. The molecule has 6 nitrogen and oxygen atoms in total. The summed E-state index contributed by atoms with van der Waals surface area (Å²) in [6.45, 7) is 5.61. The van der Waals surface area contributed by atoms with Crippen molar-refractivity contribution in [2.75, 3.05) is 45.9 Å². The van der Waals surface area contributed by atoms with Crippen molar-refractivity contribution in [3.8, 4) is 0 Å². The summed E-state index contributed by atoms with van der Waals surface area (Å²) in [4.78, 5) is 18.7. The number of alkyl halides is 3. The zero-order chi connectivity index (χ0) is 23.4. The Morgan fingerprint density at radius 3 is 2.56 bits per heavy atom. The van der Waals surface area contributed by atoms with Gasteiger partial charge < -0.3 is 20.0 Å². The number of hydrogen-bond donors (Lipinski definition) is 2. The molecule has 2 unspecified atom stereocenters. The molecule has 32 heavy (non-hydrogen) atoms. The number of aliphatic hydroxyl groups is 2. The van der Waals surface area contributed by atoms with Crippen LogP contribution in [0.4, 0.5) is 13.2 Å². The van der Waals surface area contributed by atoms with E-state index in [1.165, 1.54) is 6.08 Å². The fraction of sp³-hybridized carbons (Fsp3) is 0.783. The zero-order valence-corrected chi connectivity index (χ0v) is 18.9. The first-order valence-corrected chi connectivity index (χ1v) is 11.6. The first-order chi connectivity index (χ1) is 15.1. The average Bonchev–Trinajstić information content (AvgIpc) is 2.94. The molecule has 2 aliphatic heterocycles. The average molecular weight is 460 g/mol. The number of carbonyl (C=O) groups is 1. The SMILES string of the molecule is CC1(O)CCN(CCCC(CO)N2CCN(C3C=C(C(F)(F)F)C=CC3)CCC2=O)CC1. The maximum atomic E-state index is 13.1. The summed E-state index contributed by atoms with van der Waals surface area (Å²) in [5.41, 5.74) is -1.22. The van der Waals surface area contributed by atoms with Gasteiger partial charge in [-0.3, -0.25) is 9.69 Å². The summed E-state index contributed by atoms with van der Waals surface area (Å²) in [5, 5.41) is 20.0. The van der Waals surface area contributed by atoms with Crippen molar-refractivity contribution in [1.82, 2.24) is 14.7 Å². The fourth-order valence-electron chi connectivity index (χ4n) is 4.84. The van der Waals surface area contributed by atoms with Gasteiger partial charge in [-0.05, 0) is 45.6 Å². The molecule has 2 saturated heterocycles. The van der Waals surface area contributed by atoms with E-state index >= 15 is 0 Å². The molecule has 0 aromatic carbocycles. The van der Waals surface area contributed by atoms with Gasteiger partial charge in [0.05, 0.1) is 23.8 Å². The van der Waals surface area contributed by atoms with Gasteiger partial charge in [0.25, 0.3) is 0 Å². The molecule has 0 aromatic heterocycles. The molecule has 2 fully saturated rings. The molecule has 1 amide bonds. The van der Waals surface area contributed by atoms with E-state index in [2.05, 4.69) is 4.90 Å². The number of rotatable bonds is 7. The first kappa shape index (κ1) is 25.2. The van der Waals surface area contributed by atoms with Crippen LogP contribution >= 0.6 is 0 Å². The second kappa shape index (κ2) is 10.7. The minimum atomic E-state index is -4.37. The van der Waals surface area contributed by atoms with Gasteiger partial charge in [-0.25, -0.2) is 0 Å². The number of halogens is 3. The van der Waals surface area contributed by atoms with Crippen LogP contribution in [0, 0.1) is 0 Å². The van der Waals surface area contributed by atoms with E-state index in [-0.39, 0.29) is 31.0 Å². The maximum Gasteiger partial charge on any atom is 0.416 e. The Bertz CT molecular complexity index is 698. The molecule has 2 atom stereocenters. The molecule has 0 radical (unpaired) electrons. The summed E-state index contributed by atoms with van der Waals surface area (Å²) >= 11 is 0. The summed E-state index contributed by atoms with van der Waals surface area (Å²) in [6.07, 6.45) is 3.33. The second-order valence-corrected chi connectivity index (χ2v) is 9.52. The normalized spacial score (nSPS) is 26.7. The van der Waals surface area contributed by atoms with Crippen molar-refractivity contribution in [1.29, 1.82) is 0 Å². The summed E-state index contributed by atoms with van der Waals surface area (Å²) in [7, 11) is 0. The zero-order valence-electron chi connectivity index (χ0n) is 18.9. The van der Waals surface area contributed by atoms with Gasteiger partial charge >= 0.3 is 6.18 Å². The molecule has 1 aliphatic carbocycles. The topological polar surface area (TPSA) is 67.2 Å². The molecule has 2 N–H and O–H groups in total. The van der Waals surface area contributed by atoms with Gasteiger partial charge in [0.1, 0.15) is 0 Å². The van der Waals surface area contributed by atoms with E-state index in [1.807, 2.05) is 11.8 Å². The van der Waals surface area contributed by atoms with Crippen LogP contribution in [0.5, 0.6) is 0 Å². The number of nitrogens with zero attached hydrogens (tertiary/aromatic N) is 3. The van der Waals surface area contributed by atoms with Gasteiger partial charge in [0, 0.05) is 45.2 Å². The maximum absolute atomic E-state index is 13.1. The van der Waals surface area contributed by atoms with Gasteiger partial charge in [-0.2, -0.15) is 13.2 Å². The van der Waals surface area contributed by atoms with Gasteiger partial charge in [-0.1, -0.05) is 18.2 Å². The molecular weight excluding hydrogens is 423 g/mol. The molecule has 0 aromatic rings. The van der Waals surface area contributed by atoms with Crippen LogP contribution in [-0.4, -0.2) is 101 Å². The van der Waals surface area contributed by atoms with E-state index in [1.54, 1.807) is 11.0 Å². The number of likely N-dealkylation sites (tertiary alicyclic amines) is 1. The largest absolute Gasteiger partial charge is 0.416 e. The molecule has 0 saturated carbocycles. The lowest BCUT2D eigenvalue weighted by atomic mass is 9.93. The highest BCUT2D eigenvalue weighted by molar-refractivity contribution is 5.77. The Labute approximate surface area is 188 Å². The van der Waals surface area contributed by atoms with Crippen molar-refractivity contribution in [3.63, 3.8) is 0 Å². The third-order valence-corrected chi connectivity index (χ3v) is 7.00. The van der Waals surface area contributed by atoms with E-state index in [0.29, 0.717) is 32.5 Å². The Morgan fingerprint density at radius 1 is 1.19 bits per heavy atom. The third kappa shape index (κ3) is 6.79. The second-order valence-electron chi connectivity index (χ2n) is 9.52. The first-order valence-electron chi connectivity index (χ1n) is 11.6. The van der Waals surface area contributed by atoms with Crippen molar-refractivity contribution in [2.24, 2.45) is 0 Å². The van der Waals surface area contributed by atoms with Crippen LogP contribution in [0.25, 0.3) is 0 Å². The Kier molecular flexibility index (Phi) is 8.41. The predicted molar refractivity (Wildman–Crippen MR) is 116 cm³/mol. The minimum absolute atomic E-state index is 0.0491. The molecular formula is C23H36F3N3O3. The lowest BCUT2D eigenvalue weighted by Gasteiger charge is -2.36. The molecule has 182 valence electrons. The number of aliphatic hydroxyl groups excluding tert-OH is 1. The number of carbonyl (C=O) groups excluding carboxylic acids is 1. The van der Waals surface area contributed by atoms with Gasteiger partial charge in [-0.15, -0.1) is 0 Å².